The minimum Gasteiger partial charge on any atom is -0.367 e. The molecule has 4 rings (SSSR count). The van der Waals surface area contributed by atoms with Gasteiger partial charge in [-0.1, -0.05) is 54.6 Å². The maximum absolute atomic E-state index is 13.4. The molecule has 0 aliphatic carbocycles. The highest BCUT2D eigenvalue weighted by Crippen LogP contribution is 2.27. The van der Waals surface area contributed by atoms with E-state index in [1.54, 1.807) is 24.3 Å². The molecule has 1 unspecified atom stereocenters. The van der Waals surface area contributed by atoms with Crippen LogP contribution in [0.1, 0.15) is 42.1 Å². The molecule has 0 bridgehead atoms. The van der Waals surface area contributed by atoms with Crippen molar-refractivity contribution in [3.8, 4) is 0 Å². The summed E-state index contributed by atoms with van der Waals surface area (Å²) in [5.41, 5.74) is 2.81. The second-order valence-electron chi connectivity index (χ2n) is 8.98. The first kappa shape index (κ1) is 25.0. The number of halogens is 2. The number of hydrogen-bond donors (Lipinski definition) is 1. The first-order valence-corrected chi connectivity index (χ1v) is 12.3. The van der Waals surface area contributed by atoms with Crippen LogP contribution in [-0.4, -0.2) is 43.1 Å². The van der Waals surface area contributed by atoms with E-state index in [1.807, 2.05) is 30.3 Å². The van der Waals surface area contributed by atoms with Crippen molar-refractivity contribution in [3.63, 3.8) is 0 Å². The average molecular weight is 479 g/mol. The molecule has 184 valence electrons. The maximum atomic E-state index is 13.4. The summed E-state index contributed by atoms with van der Waals surface area (Å²) in [6.07, 6.45) is 2.94. The lowest BCUT2D eigenvalue weighted by atomic mass is 10.0. The third kappa shape index (κ3) is 7.44. The maximum Gasteiger partial charge on any atom is 0.220 e. The van der Waals surface area contributed by atoms with E-state index < -0.39 is 6.10 Å². The largest absolute Gasteiger partial charge is 0.367 e. The molecule has 1 heterocycles. The fourth-order valence-corrected chi connectivity index (χ4v) is 4.59. The van der Waals surface area contributed by atoms with Gasteiger partial charge < -0.3 is 10.1 Å². The Kier molecular flexibility index (Phi) is 8.98. The van der Waals surface area contributed by atoms with Gasteiger partial charge in [0.05, 0.1) is 6.61 Å². The van der Waals surface area contributed by atoms with Crippen LogP contribution < -0.4 is 5.32 Å². The van der Waals surface area contributed by atoms with Crippen molar-refractivity contribution in [1.29, 1.82) is 0 Å². The SMILES string of the molecule is O=C(CCc1ccccc1)NCC1CCCN1CCOC(c1ccc(F)cc1)c1ccc(F)cc1. The van der Waals surface area contributed by atoms with Gasteiger partial charge in [0.2, 0.25) is 5.91 Å². The molecule has 6 heteroatoms. The number of carbonyl (C=O) groups is 1. The molecular weight excluding hydrogens is 446 g/mol. The summed E-state index contributed by atoms with van der Waals surface area (Å²) in [4.78, 5) is 14.7. The molecule has 1 N–H and O–H groups in total. The monoisotopic (exact) mass is 478 g/mol. The van der Waals surface area contributed by atoms with Crippen molar-refractivity contribution in [2.75, 3.05) is 26.2 Å². The number of amides is 1. The molecule has 0 spiro atoms. The third-order valence-electron chi connectivity index (χ3n) is 6.53. The van der Waals surface area contributed by atoms with E-state index >= 15 is 0 Å². The Morgan fingerprint density at radius 3 is 2.20 bits per heavy atom. The van der Waals surface area contributed by atoms with Gasteiger partial charge in [0.25, 0.3) is 0 Å². The quantitative estimate of drug-likeness (QED) is 0.408. The van der Waals surface area contributed by atoms with Crippen molar-refractivity contribution in [2.45, 2.75) is 37.8 Å². The van der Waals surface area contributed by atoms with Crippen LogP contribution in [0.25, 0.3) is 0 Å². The van der Waals surface area contributed by atoms with Crippen LogP contribution in [0.15, 0.2) is 78.9 Å². The van der Waals surface area contributed by atoms with Crippen LogP contribution in [0, 0.1) is 11.6 Å². The van der Waals surface area contributed by atoms with E-state index in [2.05, 4.69) is 10.2 Å². The van der Waals surface area contributed by atoms with E-state index in [0.29, 0.717) is 19.6 Å². The second-order valence-corrected chi connectivity index (χ2v) is 8.98. The fourth-order valence-electron chi connectivity index (χ4n) is 4.59. The van der Waals surface area contributed by atoms with Gasteiger partial charge in [-0.05, 0) is 66.8 Å². The lowest BCUT2D eigenvalue weighted by molar-refractivity contribution is -0.121. The van der Waals surface area contributed by atoms with E-state index in [0.717, 1.165) is 43.5 Å². The van der Waals surface area contributed by atoms with Crippen molar-refractivity contribution >= 4 is 5.91 Å². The number of rotatable bonds is 11. The topological polar surface area (TPSA) is 41.6 Å². The van der Waals surface area contributed by atoms with Gasteiger partial charge in [-0.15, -0.1) is 0 Å². The molecule has 0 radical (unpaired) electrons. The number of hydrogen-bond acceptors (Lipinski definition) is 3. The fraction of sp³-hybridized carbons (Fsp3) is 0.345. The molecule has 1 aliphatic rings. The van der Waals surface area contributed by atoms with Crippen molar-refractivity contribution in [2.24, 2.45) is 0 Å². The predicted molar refractivity (Wildman–Crippen MR) is 133 cm³/mol. The van der Waals surface area contributed by atoms with Crippen LogP contribution in [0.3, 0.4) is 0 Å². The number of aryl methyl sites for hydroxylation is 1. The van der Waals surface area contributed by atoms with Gasteiger partial charge in [0.15, 0.2) is 0 Å². The van der Waals surface area contributed by atoms with Gasteiger partial charge in [-0.3, -0.25) is 9.69 Å². The Morgan fingerprint density at radius 1 is 0.943 bits per heavy atom. The molecule has 0 aromatic heterocycles. The summed E-state index contributed by atoms with van der Waals surface area (Å²) in [5, 5.41) is 3.09. The Hall–Kier alpha value is -3.09. The number of nitrogens with one attached hydrogen (secondary N) is 1. The standard InChI is InChI=1S/C29H32F2N2O2/c30-25-13-9-23(10-14-25)29(24-11-15-26(31)16-12-24)35-20-19-33-18-4-7-27(33)21-32-28(34)17-8-22-5-2-1-3-6-22/h1-3,5-6,9-16,27,29H,4,7-8,17-21H2,(H,32,34). The van der Waals surface area contributed by atoms with Crippen LogP contribution in [0.5, 0.6) is 0 Å². The Balaban J connectivity index is 1.27. The number of ether oxygens (including phenoxy) is 1. The minimum atomic E-state index is -0.407. The smallest absolute Gasteiger partial charge is 0.220 e. The van der Waals surface area contributed by atoms with Crippen LogP contribution in [-0.2, 0) is 16.0 Å². The summed E-state index contributed by atoms with van der Waals surface area (Å²) >= 11 is 0. The van der Waals surface area contributed by atoms with E-state index in [1.165, 1.54) is 29.8 Å². The molecule has 1 aliphatic heterocycles. The van der Waals surface area contributed by atoms with Gasteiger partial charge in [0.1, 0.15) is 17.7 Å². The number of benzene rings is 3. The van der Waals surface area contributed by atoms with Crippen molar-refractivity contribution in [1.82, 2.24) is 10.2 Å². The minimum absolute atomic E-state index is 0.0737. The Bertz CT molecular complexity index is 1010. The number of nitrogens with zero attached hydrogens (tertiary/aromatic N) is 1. The van der Waals surface area contributed by atoms with E-state index in [9.17, 15) is 13.6 Å². The molecular formula is C29H32F2N2O2. The van der Waals surface area contributed by atoms with Gasteiger partial charge in [-0.2, -0.15) is 0 Å². The van der Waals surface area contributed by atoms with E-state index in [-0.39, 0.29) is 23.6 Å². The van der Waals surface area contributed by atoms with Crippen molar-refractivity contribution < 1.29 is 18.3 Å². The average Bonchev–Trinajstić information content (AvgIpc) is 3.33. The lowest BCUT2D eigenvalue weighted by Gasteiger charge is -2.26. The molecule has 1 atom stereocenters. The molecule has 0 saturated carbocycles. The summed E-state index contributed by atoms with van der Waals surface area (Å²) in [5.74, 6) is -0.542. The summed E-state index contributed by atoms with van der Waals surface area (Å²) < 4.78 is 33.1. The highest BCUT2D eigenvalue weighted by atomic mass is 19.1. The molecule has 1 fully saturated rings. The summed E-state index contributed by atoms with van der Waals surface area (Å²) in [6.45, 7) is 2.79. The zero-order valence-electron chi connectivity index (χ0n) is 19.8. The van der Waals surface area contributed by atoms with Crippen LogP contribution in [0.4, 0.5) is 8.78 Å². The Morgan fingerprint density at radius 2 is 1.57 bits per heavy atom. The highest BCUT2D eigenvalue weighted by molar-refractivity contribution is 5.76. The van der Waals surface area contributed by atoms with Gasteiger partial charge in [0, 0.05) is 25.6 Å². The van der Waals surface area contributed by atoms with E-state index in [4.69, 9.17) is 4.74 Å². The number of carbonyl (C=O) groups excluding carboxylic acids is 1. The number of likely N-dealkylation sites (tertiary alicyclic amines) is 1. The summed E-state index contributed by atoms with van der Waals surface area (Å²) in [6, 6.07) is 22.8. The molecule has 4 nitrogen and oxygen atoms in total. The molecule has 1 amide bonds. The zero-order chi connectivity index (χ0) is 24.5. The molecule has 35 heavy (non-hydrogen) atoms. The molecule has 3 aromatic rings. The van der Waals surface area contributed by atoms with Crippen molar-refractivity contribution in [3.05, 3.63) is 107 Å². The highest BCUT2D eigenvalue weighted by Gasteiger charge is 2.25. The first-order valence-electron chi connectivity index (χ1n) is 12.3. The molecule has 1 saturated heterocycles. The Labute approximate surface area is 205 Å². The predicted octanol–water partition coefficient (Wildman–Crippen LogP) is 5.28. The molecule has 3 aromatic carbocycles. The summed E-state index contributed by atoms with van der Waals surface area (Å²) in [7, 11) is 0. The first-order chi connectivity index (χ1) is 17.1. The normalized spacial score (nSPS) is 16.0. The van der Waals surface area contributed by atoms with Gasteiger partial charge >= 0.3 is 0 Å². The van der Waals surface area contributed by atoms with Crippen LogP contribution >= 0.6 is 0 Å². The van der Waals surface area contributed by atoms with Gasteiger partial charge in [-0.25, -0.2) is 8.78 Å². The zero-order valence-corrected chi connectivity index (χ0v) is 19.8. The lowest BCUT2D eigenvalue weighted by Crippen LogP contribution is -2.41. The second kappa shape index (κ2) is 12.6. The van der Waals surface area contributed by atoms with Crippen LogP contribution in [0.2, 0.25) is 0 Å². The third-order valence-corrected chi connectivity index (χ3v) is 6.53.